The summed E-state index contributed by atoms with van der Waals surface area (Å²) in [7, 11) is 0. The van der Waals surface area contributed by atoms with Gasteiger partial charge in [0.1, 0.15) is 17.5 Å². The molecule has 2 heteroatoms. The molecule has 0 bridgehead atoms. The average molecular weight is 124 g/mol. The van der Waals surface area contributed by atoms with Crippen LogP contribution < -0.4 is 0 Å². The molecule has 0 spiro atoms. The Hall–Kier alpha value is -0.760. The third kappa shape index (κ3) is 0.598. The van der Waals surface area contributed by atoms with E-state index in [1.54, 1.807) is 12.2 Å². The van der Waals surface area contributed by atoms with Crippen molar-refractivity contribution in [3.05, 3.63) is 24.0 Å². The van der Waals surface area contributed by atoms with Gasteiger partial charge in [-0.05, 0) is 25.2 Å². The van der Waals surface area contributed by atoms with Gasteiger partial charge in [0.15, 0.2) is 0 Å². The van der Waals surface area contributed by atoms with Crippen molar-refractivity contribution in [3.63, 3.8) is 0 Å². The van der Waals surface area contributed by atoms with Gasteiger partial charge in [-0.25, -0.2) is 0 Å². The highest BCUT2D eigenvalue weighted by molar-refractivity contribution is 5.32. The number of hydrogen-bond donors (Lipinski definition) is 1. The number of epoxide rings is 1. The Balaban J connectivity index is 2.31. The van der Waals surface area contributed by atoms with Crippen molar-refractivity contribution in [2.45, 2.75) is 18.6 Å². The molecule has 1 aliphatic heterocycles. The number of aliphatic hydroxyl groups excluding tert-OH is 1. The molecule has 0 amide bonds. The second kappa shape index (κ2) is 1.21. The number of ether oxygens (including phenoxy) is 1. The van der Waals surface area contributed by atoms with Crippen LogP contribution in [0.4, 0.5) is 0 Å². The Labute approximate surface area is 53.4 Å². The molecule has 9 heavy (non-hydrogen) atoms. The zero-order chi connectivity index (χ0) is 6.48. The largest absolute Gasteiger partial charge is 0.508 e. The second-order valence-corrected chi connectivity index (χ2v) is 2.65. The van der Waals surface area contributed by atoms with Crippen LogP contribution in [0.2, 0.25) is 0 Å². The lowest BCUT2D eigenvalue weighted by molar-refractivity contribution is 0.356. The molecule has 48 valence electrons. The quantitative estimate of drug-likeness (QED) is 0.491. The van der Waals surface area contributed by atoms with E-state index in [2.05, 4.69) is 0 Å². The lowest BCUT2D eigenvalue weighted by atomic mass is 10.0. The first-order valence-corrected chi connectivity index (χ1v) is 2.98. The summed E-state index contributed by atoms with van der Waals surface area (Å²) in [6.07, 6.45) is 5.40. The summed E-state index contributed by atoms with van der Waals surface area (Å²) in [6.45, 7) is 2.00. The van der Waals surface area contributed by atoms with E-state index in [4.69, 9.17) is 9.84 Å². The van der Waals surface area contributed by atoms with E-state index in [1.165, 1.54) is 0 Å². The van der Waals surface area contributed by atoms with E-state index in [1.807, 2.05) is 13.0 Å². The molecule has 2 unspecified atom stereocenters. The van der Waals surface area contributed by atoms with Crippen molar-refractivity contribution in [1.29, 1.82) is 0 Å². The lowest BCUT2D eigenvalue weighted by Gasteiger charge is -2.00. The van der Waals surface area contributed by atoms with E-state index in [-0.39, 0.29) is 11.7 Å². The summed E-state index contributed by atoms with van der Waals surface area (Å²) in [5, 5.41) is 8.91. The second-order valence-electron chi connectivity index (χ2n) is 2.65. The maximum absolute atomic E-state index is 8.91. The summed E-state index contributed by atoms with van der Waals surface area (Å²) in [4.78, 5) is 0. The fourth-order valence-electron chi connectivity index (χ4n) is 1.03. The van der Waals surface area contributed by atoms with Crippen LogP contribution in [0.5, 0.6) is 0 Å². The number of rotatable bonds is 0. The average Bonchev–Trinajstić information content (AvgIpc) is 2.41. The van der Waals surface area contributed by atoms with Gasteiger partial charge in [-0.3, -0.25) is 0 Å². The summed E-state index contributed by atoms with van der Waals surface area (Å²) >= 11 is 0. The first-order chi connectivity index (χ1) is 4.21. The van der Waals surface area contributed by atoms with Crippen LogP contribution in [-0.4, -0.2) is 16.8 Å². The van der Waals surface area contributed by atoms with Gasteiger partial charge < -0.3 is 9.84 Å². The molecule has 0 saturated carbocycles. The predicted octanol–water partition coefficient (Wildman–Crippen LogP) is 1.16. The lowest BCUT2D eigenvalue weighted by Crippen LogP contribution is -2.07. The third-order valence-electron chi connectivity index (χ3n) is 1.80. The molecule has 1 saturated heterocycles. The van der Waals surface area contributed by atoms with Crippen LogP contribution in [0.25, 0.3) is 0 Å². The molecule has 0 aromatic carbocycles. The Morgan fingerprint density at radius 2 is 2.56 bits per heavy atom. The van der Waals surface area contributed by atoms with E-state index in [9.17, 15) is 0 Å². The fourth-order valence-corrected chi connectivity index (χ4v) is 1.03. The Bertz CT molecular complexity index is 205. The van der Waals surface area contributed by atoms with Gasteiger partial charge >= 0.3 is 0 Å². The number of hydrogen-bond acceptors (Lipinski definition) is 2. The van der Waals surface area contributed by atoms with Crippen LogP contribution in [0, 0.1) is 0 Å². The first-order valence-electron chi connectivity index (χ1n) is 2.98. The van der Waals surface area contributed by atoms with E-state index in [0.717, 1.165) is 0 Å². The molecule has 2 rings (SSSR count). The number of fused-ring (bicyclic) bond motifs is 1. The SMILES string of the molecule is CC12C=CC(O)=CC1O2. The maximum atomic E-state index is 8.91. The van der Waals surface area contributed by atoms with Crippen LogP contribution in [0.15, 0.2) is 24.0 Å². The summed E-state index contributed by atoms with van der Waals surface area (Å²) in [6, 6.07) is 0. The molecule has 0 radical (unpaired) electrons. The van der Waals surface area contributed by atoms with Gasteiger partial charge in [0, 0.05) is 0 Å². The van der Waals surface area contributed by atoms with E-state index < -0.39 is 0 Å². The molecule has 0 aromatic rings. The first kappa shape index (κ1) is 5.06. The zero-order valence-electron chi connectivity index (χ0n) is 5.16. The highest BCUT2D eigenvalue weighted by Crippen LogP contribution is 2.41. The third-order valence-corrected chi connectivity index (χ3v) is 1.80. The minimum Gasteiger partial charge on any atom is -0.508 e. The van der Waals surface area contributed by atoms with Gasteiger partial charge in [0.2, 0.25) is 0 Å². The molecular weight excluding hydrogens is 116 g/mol. The van der Waals surface area contributed by atoms with Crippen molar-refractivity contribution in [1.82, 2.24) is 0 Å². The fraction of sp³-hybridized carbons (Fsp3) is 0.429. The minimum atomic E-state index is -0.0910. The predicted molar refractivity (Wildman–Crippen MR) is 33.1 cm³/mol. The summed E-state index contributed by atoms with van der Waals surface area (Å²) < 4.78 is 5.21. The van der Waals surface area contributed by atoms with Crippen molar-refractivity contribution < 1.29 is 9.84 Å². The van der Waals surface area contributed by atoms with Gasteiger partial charge in [0.25, 0.3) is 0 Å². The van der Waals surface area contributed by atoms with Gasteiger partial charge in [0.05, 0.1) is 0 Å². The molecule has 2 nitrogen and oxygen atoms in total. The smallest absolute Gasteiger partial charge is 0.115 e. The van der Waals surface area contributed by atoms with E-state index >= 15 is 0 Å². The number of allylic oxidation sites excluding steroid dienone is 1. The van der Waals surface area contributed by atoms with Crippen LogP contribution in [-0.2, 0) is 4.74 Å². The Morgan fingerprint density at radius 3 is 3.11 bits per heavy atom. The maximum Gasteiger partial charge on any atom is 0.115 e. The number of aliphatic hydroxyl groups is 1. The molecular formula is C7H8O2. The van der Waals surface area contributed by atoms with Crippen LogP contribution >= 0.6 is 0 Å². The van der Waals surface area contributed by atoms with Gasteiger partial charge in [-0.1, -0.05) is 0 Å². The Kier molecular flexibility index (Phi) is 0.682. The zero-order valence-corrected chi connectivity index (χ0v) is 5.16. The van der Waals surface area contributed by atoms with Crippen LogP contribution in [0.1, 0.15) is 6.92 Å². The van der Waals surface area contributed by atoms with E-state index in [0.29, 0.717) is 5.76 Å². The summed E-state index contributed by atoms with van der Waals surface area (Å²) in [5.41, 5.74) is -0.0910. The molecule has 2 atom stereocenters. The molecule has 1 fully saturated rings. The molecule has 2 aliphatic rings. The highest BCUT2D eigenvalue weighted by atomic mass is 16.6. The summed E-state index contributed by atoms with van der Waals surface area (Å²) in [5.74, 6) is 0.315. The van der Waals surface area contributed by atoms with Gasteiger partial charge in [-0.15, -0.1) is 0 Å². The van der Waals surface area contributed by atoms with Crippen molar-refractivity contribution in [3.8, 4) is 0 Å². The molecule has 1 heterocycles. The normalized spacial score (nSPS) is 45.9. The Morgan fingerprint density at radius 1 is 1.78 bits per heavy atom. The van der Waals surface area contributed by atoms with Crippen molar-refractivity contribution in [2.24, 2.45) is 0 Å². The molecule has 1 N–H and O–H groups in total. The molecule has 1 aliphatic carbocycles. The standard InChI is InChI=1S/C7H8O2/c1-7-3-2-5(8)4-6(7)9-7/h2-4,6,8H,1H3. The van der Waals surface area contributed by atoms with Gasteiger partial charge in [-0.2, -0.15) is 0 Å². The van der Waals surface area contributed by atoms with Crippen molar-refractivity contribution in [2.75, 3.05) is 0 Å². The van der Waals surface area contributed by atoms with Crippen molar-refractivity contribution >= 4 is 0 Å². The highest BCUT2D eigenvalue weighted by Gasteiger charge is 2.50. The topological polar surface area (TPSA) is 32.8 Å². The minimum absolute atomic E-state index is 0.0910. The monoisotopic (exact) mass is 124 g/mol. The van der Waals surface area contributed by atoms with Crippen LogP contribution in [0.3, 0.4) is 0 Å². The molecule has 0 aromatic heterocycles.